The second-order valence-electron chi connectivity index (χ2n) is 7.03. The van der Waals surface area contributed by atoms with Crippen molar-refractivity contribution in [2.45, 2.75) is 45.2 Å². The molecule has 7 nitrogen and oxygen atoms in total. The van der Waals surface area contributed by atoms with Gasteiger partial charge in [-0.1, -0.05) is 18.2 Å². The highest BCUT2D eigenvalue weighted by Crippen LogP contribution is 2.34. The van der Waals surface area contributed by atoms with E-state index in [1.165, 1.54) is 4.68 Å². The van der Waals surface area contributed by atoms with E-state index in [9.17, 15) is 14.4 Å². The molecule has 3 amide bonds. The molecule has 0 N–H and O–H groups in total. The molecule has 2 aromatic rings. The van der Waals surface area contributed by atoms with Crippen LogP contribution in [0.15, 0.2) is 35.1 Å². The highest BCUT2D eigenvalue weighted by atomic mass is 16.2. The number of hydrogen-bond donors (Lipinski definition) is 0. The third-order valence-corrected chi connectivity index (χ3v) is 5.62. The van der Waals surface area contributed by atoms with Crippen LogP contribution in [0.1, 0.15) is 31.9 Å². The van der Waals surface area contributed by atoms with Crippen molar-refractivity contribution in [1.82, 2.24) is 14.3 Å². The summed E-state index contributed by atoms with van der Waals surface area (Å²) in [5.41, 5.74) is 1.07. The first-order valence-electron chi connectivity index (χ1n) is 8.93. The molecule has 1 aliphatic heterocycles. The van der Waals surface area contributed by atoms with Gasteiger partial charge in [-0.15, -0.1) is 0 Å². The Kier molecular flexibility index (Phi) is 3.75. The van der Waals surface area contributed by atoms with Crippen LogP contribution in [-0.4, -0.2) is 38.3 Å². The molecular weight excluding hydrogens is 332 g/mol. The molecule has 7 heteroatoms. The first kappa shape index (κ1) is 16.6. The maximum absolute atomic E-state index is 13.1. The van der Waals surface area contributed by atoms with Gasteiger partial charge in [0.15, 0.2) is 0 Å². The molecule has 1 atom stereocenters. The summed E-state index contributed by atoms with van der Waals surface area (Å²) >= 11 is 0. The Balaban J connectivity index is 1.83. The van der Waals surface area contributed by atoms with Crippen LogP contribution >= 0.6 is 0 Å². The normalized spacial score (nSPS) is 20.8. The van der Waals surface area contributed by atoms with E-state index in [0.29, 0.717) is 11.4 Å². The van der Waals surface area contributed by atoms with Crippen molar-refractivity contribution in [3.63, 3.8) is 0 Å². The molecule has 0 unspecified atom stereocenters. The van der Waals surface area contributed by atoms with Crippen molar-refractivity contribution in [1.29, 1.82) is 0 Å². The largest absolute Gasteiger partial charge is 0.332 e. The van der Waals surface area contributed by atoms with Gasteiger partial charge in [0.2, 0.25) is 0 Å². The minimum absolute atomic E-state index is 0.104. The van der Waals surface area contributed by atoms with E-state index in [4.69, 9.17) is 0 Å². The molecule has 0 spiro atoms. The zero-order valence-electron chi connectivity index (χ0n) is 15.2. The van der Waals surface area contributed by atoms with Crippen molar-refractivity contribution in [3.05, 3.63) is 46.4 Å². The first-order chi connectivity index (χ1) is 12.4. The van der Waals surface area contributed by atoms with Crippen LogP contribution in [0.5, 0.6) is 0 Å². The SMILES string of the molecule is Cc1c(N2C(=O)[C@H](C)N(C3CCC3)C2=O)c(=O)n(-c2ccccc2)n1C. The van der Waals surface area contributed by atoms with E-state index in [2.05, 4.69) is 0 Å². The molecule has 1 saturated heterocycles. The Morgan fingerprint density at radius 2 is 1.69 bits per heavy atom. The quantitative estimate of drug-likeness (QED) is 0.794. The van der Waals surface area contributed by atoms with E-state index in [-0.39, 0.29) is 29.2 Å². The summed E-state index contributed by atoms with van der Waals surface area (Å²) in [6.07, 6.45) is 2.90. The number of imide groups is 1. The van der Waals surface area contributed by atoms with E-state index in [1.807, 2.05) is 30.3 Å². The highest BCUT2D eigenvalue weighted by Gasteiger charge is 2.49. The lowest BCUT2D eigenvalue weighted by molar-refractivity contribution is -0.119. The van der Waals surface area contributed by atoms with E-state index in [0.717, 1.165) is 24.2 Å². The smallest absolute Gasteiger partial charge is 0.309 e. The molecule has 0 radical (unpaired) electrons. The summed E-state index contributed by atoms with van der Waals surface area (Å²) in [5, 5.41) is 0. The second kappa shape index (κ2) is 5.86. The van der Waals surface area contributed by atoms with Crippen molar-refractivity contribution in [3.8, 4) is 5.69 Å². The van der Waals surface area contributed by atoms with E-state index in [1.54, 1.807) is 30.5 Å². The fourth-order valence-electron chi connectivity index (χ4n) is 3.84. The van der Waals surface area contributed by atoms with Gasteiger partial charge in [-0.2, -0.15) is 0 Å². The predicted molar refractivity (Wildman–Crippen MR) is 97.6 cm³/mol. The predicted octanol–water partition coefficient (Wildman–Crippen LogP) is 2.19. The van der Waals surface area contributed by atoms with Gasteiger partial charge in [-0.05, 0) is 45.2 Å². The lowest BCUT2D eigenvalue weighted by atomic mass is 9.91. The van der Waals surface area contributed by atoms with Crippen molar-refractivity contribution < 1.29 is 9.59 Å². The topological polar surface area (TPSA) is 67.6 Å². The second-order valence-corrected chi connectivity index (χ2v) is 7.03. The van der Waals surface area contributed by atoms with E-state index < -0.39 is 6.04 Å². The van der Waals surface area contributed by atoms with Crippen molar-refractivity contribution in [2.75, 3.05) is 4.90 Å². The summed E-state index contributed by atoms with van der Waals surface area (Å²) in [4.78, 5) is 41.7. The Bertz CT molecular complexity index is 940. The Labute approximate surface area is 151 Å². The third kappa shape index (κ3) is 2.16. The molecule has 2 fully saturated rings. The lowest BCUT2D eigenvalue weighted by Gasteiger charge is -2.35. The van der Waals surface area contributed by atoms with Crippen LogP contribution < -0.4 is 10.5 Å². The summed E-state index contributed by atoms with van der Waals surface area (Å²) in [5.74, 6) is -0.326. The number of para-hydroxylation sites is 1. The number of nitrogens with zero attached hydrogens (tertiary/aromatic N) is 4. The summed E-state index contributed by atoms with van der Waals surface area (Å²) < 4.78 is 3.17. The van der Waals surface area contributed by atoms with Gasteiger partial charge in [0.25, 0.3) is 11.5 Å². The average Bonchev–Trinajstić information content (AvgIpc) is 2.93. The number of carbonyl (C=O) groups is 2. The van der Waals surface area contributed by atoms with Crippen molar-refractivity contribution >= 4 is 17.6 Å². The molecule has 2 aliphatic rings. The van der Waals surface area contributed by atoms with Gasteiger partial charge in [-0.25, -0.2) is 14.4 Å². The van der Waals surface area contributed by atoms with Crippen LogP contribution in [-0.2, 0) is 11.8 Å². The molecule has 1 aromatic carbocycles. The zero-order valence-corrected chi connectivity index (χ0v) is 15.2. The molecule has 2 heterocycles. The highest BCUT2D eigenvalue weighted by molar-refractivity contribution is 6.21. The van der Waals surface area contributed by atoms with Crippen LogP contribution in [0.3, 0.4) is 0 Å². The fourth-order valence-corrected chi connectivity index (χ4v) is 3.84. The van der Waals surface area contributed by atoms with Gasteiger partial charge >= 0.3 is 6.03 Å². The lowest BCUT2D eigenvalue weighted by Crippen LogP contribution is -2.46. The molecule has 4 rings (SSSR count). The number of hydrogen-bond acceptors (Lipinski definition) is 3. The molecule has 26 heavy (non-hydrogen) atoms. The van der Waals surface area contributed by atoms with Gasteiger partial charge in [0.1, 0.15) is 11.7 Å². The number of aromatic nitrogens is 2. The Morgan fingerprint density at radius 3 is 2.27 bits per heavy atom. The number of carbonyl (C=O) groups excluding carboxylic acids is 2. The summed E-state index contributed by atoms with van der Waals surface area (Å²) in [7, 11) is 1.76. The maximum atomic E-state index is 13.1. The van der Waals surface area contributed by atoms with Crippen molar-refractivity contribution in [2.24, 2.45) is 7.05 Å². The molecule has 0 bridgehead atoms. The summed E-state index contributed by atoms with van der Waals surface area (Å²) in [6.45, 7) is 3.50. The van der Waals surface area contributed by atoms with Crippen LogP contribution in [0, 0.1) is 6.92 Å². The minimum Gasteiger partial charge on any atom is -0.309 e. The van der Waals surface area contributed by atoms with Crippen LogP contribution in [0.4, 0.5) is 10.5 Å². The van der Waals surface area contributed by atoms with Gasteiger partial charge in [0.05, 0.1) is 11.4 Å². The van der Waals surface area contributed by atoms with Gasteiger partial charge in [0, 0.05) is 13.1 Å². The monoisotopic (exact) mass is 354 g/mol. The molecule has 136 valence electrons. The average molecular weight is 354 g/mol. The molecule has 1 aromatic heterocycles. The Morgan fingerprint density at radius 1 is 1.04 bits per heavy atom. The number of amides is 3. The number of anilines is 1. The van der Waals surface area contributed by atoms with Crippen LogP contribution in [0.25, 0.3) is 5.69 Å². The van der Waals surface area contributed by atoms with E-state index >= 15 is 0 Å². The maximum Gasteiger partial charge on any atom is 0.332 e. The fraction of sp³-hybridized carbons (Fsp3) is 0.421. The van der Waals surface area contributed by atoms with Gasteiger partial charge < -0.3 is 4.90 Å². The molecule has 1 aliphatic carbocycles. The Hall–Kier alpha value is -2.83. The third-order valence-electron chi connectivity index (χ3n) is 5.62. The minimum atomic E-state index is -0.531. The van der Waals surface area contributed by atoms with Gasteiger partial charge in [-0.3, -0.25) is 14.3 Å². The zero-order chi connectivity index (χ0) is 18.6. The van der Waals surface area contributed by atoms with Crippen LogP contribution in [0.2, 0.25) is 0 Å². The number of rotatable bonds is 3. The number of benzene rings is 1. The number of urea groups is 1. The molecular formula is C19H22N4O3. The standard InChI is InChI=1S/C19H22N4O3/c1-12-16(18(25)23(20(12)3)15-8-5-4-6-9-15)22-17(24)13(2)21(19(22)26)14-10-7-11-14/h4-6,8-9,13-14H,7,10-11H2,1-3H3/t13-/m0/s1. The summed E-state index contributed by atoms with van der Waals surface area (Å²) in [6, 6.07) is 8.40. The first-order valence-corrected chi connectivity index (χ1v) is 8.93. The molecule has 1 saturated carbocycles.